The smallest absolute Gasteiger partial charge is 0.0121 e. The highest BCUT2D eigenvalue weighted by molar-refractivity contribution is 4.88. The second-order valence-corrected chi connectivity index (χ2v) is 6.00. The molecule has 1 unspecified atom stereocenters. The van der Waals surface area contributed by atoms with Crippen LogP contribution in [0.25, 0.3) is 0 Å². The molecule has 2 fully saturated rings. The van der Waals surface area contributed by atoms with Crippen LogP contribution in [0.15, 0.2) is 0 Å². The van der Waals surface area contributed by atoms with Crippen molar-refractivity contribution in [1.82, 2.24) is 10.2 Å². The van der Waals surface area contributed by atoms with Gasteiger partial charge in [-0.3, -0.25) is 4.90 Å². The lowest BCUT2D eigenvalue weighted by Gasteiger charge is -2.35. The van der Waals surface area contributed by atoms with E-state index >= 15 is 0 Å². The molecule has 0 radical (unpaired) electrons. The number of rotatable bonds is 7. The van der Waals surface area contributed by atoms with Crippen LogP contribution >= 0.6 is 0 Å². The van der Waals surface area contributed by atoms with Crippen LogP contribution in [-0.2, 0) is 0 Å². The van der Waals surface area contributed by atoms with Gasteiger partial charge in [-0.2, -0.15) is 0 Å². The Labute approximate surface area is 107 Å². The van der Waals surface area contributed by atoms with Crippen molar-refractivity contribution < 1.29 is 0 Å². The third-order valence-corrected chi connectivity index (χ3v) is 4.52. The molecule has 0 bridgehead atoms. The zero-order valence-electron chi connectivity index (χ0n) is 11.8. The van der Waals surface area contributed by atoms with Gasteiger partial charge in [-0.05, 0) is 70.0 Å². The molecule has 2 aliphatic rings. The van der Waals surface area contributed by atoms with E-state index in [0.29, 0.717) is 0 Å². The number of piperidine rings is 1. The monoisotopic (exact) mass is 238 g/mol. The van der Waals surface area contributed by atoms with Gasteiger partial charge in [0.1, 0.15) is 0 Å². The molecular weight excluding hydrogens is 208 g/mol. The third-order valence-electron chi connectivity index (χ3n) is 4.52. The predicted octanol–water partition coefficient (Wildman–Crippen LogP) is 2.89. The van der Waals surface area contributed by atoms with E-state index in [1.54, 1.807) is 0 Å². The molecular formula is C15H30N2. The first-order chi connectivity index (χ1) is 8.35. The van der Waals surface area contributed by atoms with Crippen LogP contribution in [0.4, 0.5) is 0 Å². The average molecular weight is 238 g/mol. The normalized spacial score (nSPS) is 24.2. The van der Waals surface area contributed by atoms with Crippen LogP contribution < -0.4 is 5.32 Å². The van der Waals surface area contributed by atoms with Crippen molar-refractivity contribution in [3.63, 3.8) is 0 Å². The Balaban J connectivity index is 1.85. The Morgan fingerprint density at radius 1 is 1.12 bits per heavy atom. The topological polar surface area (TPSA) is 15.3 Å². The highest BCUT2D eigenvalue weighted by atomic mass is 15.2. The second kappa shape index (κ2) is 6.75. The first-order valence-electron chi connectivity index (χ1n) is 7.79. The summed E-state index contributed by atoms with van der Waals surface area (Å²) in [4.78, 5) is 2.83. The van der Waals surface area contributed by atoms with Crippen molar-refractivity contribution >= 4 is 0 Å². The fraction of sp³-hybridized carbons (Fsp3) is 1.00. The molecule has 0 spiro atoms. The molecule has 0 amide bonds. The minimum absolute atomic E-state index is 0.893. The van der Waals surface area contributed by atoms with E-state index in [1.807, 2.05) is 0 Å². The number of nitrogens with zero attached hydrogens (tertiary/aromatic N) is 1. The molecule has 0 aromatic carbocycles. The fourth-order valence-electron chi connectivity index (χ4n) is 3.45. The SMILES string of the molecule is CCCN(CC1CCNCC1)C(CC)C1CC1. The summed E-state index contributed by atoms with van der Waals surface area (Å²) in [6.07, 6.45) is 8.43. The van der Waals surface area contributed by atoms with E-state index in [0.717, 1.165) is 17.9 Å². The van der Waals surface area contributed by atoms with Gasteiger partial charge in [-0.1, -0.05) is 13.8 Å². The molecule has 1 heterocycles. The molecule has 0 aromatic heterocycles. The minimum Gasteiger partial charge on any atom is -0.317 e. The number of nitrogens with one attached hydrogen (secondary N) is 1. The van der Waals surface area contributed by atoms with Gasteiger partial charge in [0.05, 0.1) is 0 Å². The quantitative estimate of drug-likeness (QED) is 0.733. The summed E-state index contributed by atoms with van der Waals surface area (Å²) in [5, 5.41) is 3.48. The van der Waals surface area contributed by atoms with Crippen LogP contribution in [-0.4, -0.2) is 37.1 Å². The Hall–Kier alpha value is -0.0800. The highest BCUT2D eigenvalue weighted by Crippen LogP contribution is 2.37. The molecule has 1 aliphatic carbocycles. The van der Waals surface area contributed by atoms with Gasteiger partial charge < -0.3 is 5.32 Å². The first kappa shape index (κ1) is 13.4. The summed E-state index contributed by atoms with van der Waals surface area (Å²) in [5.41, 5.74) is 0. The molecule has 2 heteroatoms. The molecule has 1 saturated heterocycles. The van der Waals surface area contributed by atoms with Crippen LogP contribution in [0.3, 0.4) is 0 Å². The van der Waals surface area contributed by atoms with Crippen LogP contribution in [0.1, 0.15) is 52.4 Å². The van der Waals surface area contributed by atoms with Crippen molar-refractivity contribution in [2.75, 3.05) is 26.2 Å². The predicted molar refractivity (Wildman–Crippen MR) is 74.3 cm³/mol. The largest absolute Gasteiger partial charge is 0.317 e. The van der Waals surface area contributed by atoms with E-state index in [2.05, 4.69) is 24.1 Å². The maximum atomic E-state index is 3.48. The van der Waals surface area contributed by atoms with Gasteiger partial charge in [0.15, 0.2) is 0 Å². The van der Waals surface area contributed by atoms with Gasteiger partial charge in [0, 0.05) is 12.6 Å². The van der Waals surface area contributed by atoms with Gasteiger partial charge in [0.2, 0.25) is 0 Å². The molecule has 1 saturated carbocycles. The van der Waals surface area contributed by atoms with Crippen LogP contribution in [0, 0.1) is 11.8 Å². The Bertz CT molecular complexity index is 207. The summed E-state index contributed by atoms with van der Waals surface area (Å²) in [7, 11) is 0. The lowest BCUT2D eigenvalue weighted by atomic mass is 9.95. The number of hydrogen-bond donors (Lipinski definition) is 1. The molecule has 1 aliphatic heterocycles. The van der Waals surface area contributed by atoms with E-state index in [4.69, 9.17) is 0 Å². The van der Waals surface area contributed by atoms with E-state index in [-0.39, 0.29) is 0 Å². The minimum atomic E-state index is 0.893. The Morgan fingerprint density at radius 3 is 2.35 bits per heavy atom. The molecule has 2 nitrogen and oxygen atoms in total. The molecule has 1 atom stereocenters. The van der Waals surface area contributed by atoms with E-state index in [1.165, 1.54) is 64.7 Å². The highest BCUT2D eigenvalue weighted by Gasteiger charge is 2.34. The second-order valence-electron chi connectivity index (χ2n) is 6.00. The van der Waals surface area contributed by atoms with Crippen LogP contribution in [0.2, 0.25) is 0 Å². The Kier molecular flexibility index (Phi) is 5.30. The Morgan fingerprint density at radius 2 is 1.82 bits per heavy atom. The zero-order chi connectivity index (χ0) is 12.1. The lowest BCUT2D eigenvalue weighted by Crippen LogP contribution is -2.42. The fourth-order valence-corrected chi connectivity index (χ4v) is 3.45. The molecule has 1 N–H and O–H groups in total. The maximum absolute atomic E-state index is 3.48. The van der Waals surface area contributed by atoms with Gasteiger partial charge in [0.25, 0.3) is 0 Å². The van der Waals surface area contributed by atoms with Crippen molar-refractivity contribution in [1.29, 1.82) is 0 Å². The molecule has 17 heavy (non-hydrogen) atoms. The maximum Gasteiger partial charge on any atom is 0.0121 e. The summed E-state index contributed by atoms with van der Waals surface area (Å²) in [6.45, 7) is 9.88. The summed E-state index contributed by atoms with van der Waals surface area (Å²) in [6, 6.07) is 0.893. The van der Waals surface area contributed by atoms with Gasteiger partial charge >= 0.3 is 0 Å². The van der Waals surface area contributed by atoms with Gasteiger partial charge in [-0.15, -0.1) is 0 Å². The average Bonchev–Trinajstić information content (AvgIpc) is 3.16. The van der Waals surface area contributed by atoms with Crippen LogP contribution in [0.5, 0.6) is 0 Å². The molecule has 2 rings (SSSR count). The van der Waals surface area contributed by atoms with Crippen molar-refractivity contribution in [3.8, 4) is 0 Å². The molecule has 100 valence electrons. The molecule has 0 aromatic rings. The standard InChI is InChI=1S/C15H30N2/c1-3-11-17(15(4-2)14-5-6-14)12-13-7-9-16-10-8-13/h13-16H,3-12H2,1-2H3. The third kappa shape index (κ3) is 3.96. The van der Waals surface area contributed by atoms with E-state index < -0.39 is 0 Å². The first-order valence-corrected chi connectivity index (χ1v) is 7.79. The van der Waals surface area contributed by atoms with Crippen molar-refractivity contribution in [3.05, 3.63) is 0 Å². The summed E-state index contributed by atoms with van der Waals surface area (Å²) >= 11 is 0. The summed E-state index contributed by atoms with van der Waals surface area (Å²) in [5.74, 6) is 1.99. The lowest BCUT2D eigenvalue weighted by molar-refractivity contribution is 0.133. The van der Waals surface area contributed by atoms with Gasteiger partial charge in [-0.25, -0.2) is 0 Å². The van der Waals surface area contributed by atoms with E-state index in [9.17, 15) is 0 Å². The number of hydrogen-bond acceptors (Lipinski definition) is 2. The summed E-state index contributed by atoms with van der Waals surface area (Å²) < 4.78 is 0. The van der Waals surface area contributed by atoms with Crippen molar-refractivity contribution in [2.24, 2.45) is 11.8 Å². The zero-order valence-corrected chi connectivity index (χ0v) is 11.8. The van der Waals surface area contributed by atoms with Crippen molar-refractivity contribution in [2.45, 2.75) is 58.4 Å².